The molecule has 1 aromatic heterocycles. The van der Waals surface area contributed by atoms with Gasteiger partial charge in [-0.3, -0.25) is 9.58 Å². The Morgan fingerprint density at radius 3 is 2.75 bits per heavy atom. The highest BCUT2D eigenvalue weighted by molar-refractivity contribution is 5.24. The Bertz CT molecular complexity index is 476. The Morgan fingerprint density at radius 2 is 2.00 bits per heavy atom. The van der Waals surface area contributed by atoms with Gasteiger partial charge in [-0.25, -0.2) is 0 Å². The summed E-state index contributed by atoms with van der Waals surface area (Å²) in [6.45, 7) is 5.29. The third-order valence-electron chi connectivity index (χ3n) is 4.78. The van der Waals surface area contributed by atoms with Crippen LogP contribution in [0.3, 0.4) is 0 Å². The molecule has 3 aliphatic rings. The summed E-state index contributed by atoms with van der Waals surface area (Å²) >= 11 is 0. The van der Waals surface area contributed by atoms with Crippen LogP contribution in [0.15, 0.2) is 6.20 Å². The van der Waals surface area contributed by atoms with Crippen LogP contribution in [0.4, 0.5) is 0 Å². The zero-order chi connectivity index (χ0) is 13.5. The molecule has 0 N–H and O–H groups in total. The third-order valence-corrected chi connectivity index (χ3v) is 4.78. The van der Waals surface area contributed by atoms with Crippen molar-refractivity contribution in [2.45, 2.75) is 38.1 Å². The zero-order valence-electron chi connectivity index (χ0n) is 12.4. The molecular weight excluding hydrogens is 250 g/mol. The summed E-state index contributed by atoms with van der Waals surface area (Å²) in [5, 5.41) is 4.69. The predicted octanol–water partition coefficient (Wildman–Crippen LogP) is 2.16. The van der Waals surface area contributed by atoms with Gasteiger partial charge in [0.1, 0.15) is 0 Å². The van der Waals surface area contributed by atoms with Crippen LogP contribution in [-0.2, 0) is 18.3 Å². The number of aryl methyl sites for hydroxylation is 1. The van der Waals surface area contributed by atoms with Gasteiger partial charge < -0.3 is 4.74 Å². The number of nitrogens with zero attached hydrogens (tertiary/aromatic N) is 3. The SMILES string of the molecule is Cn1cc2c(n1)C(COCC1CC1)CN(CC1CC1)C2. The van der Waals surface area contributed by atoms with Crippen molar-refractivity contribution in [2.24, 2.45) is 18.9 Å². The van der Waals surface area contributed by atoms with Crippen LogP contribution < -0.4 is 0 Å². The van der Waals surface area contributed by atoms with E-state index in [1.54, 1.807) is 0 Å². The van der Waals surface area contributed by atoms with E-state index in [1.165, 1.54) is 43.5 Å². The van der Waals surface area contributed by atoms with E-state index in [0.717, 1.165) is 38.1 Å². The first-order valence-corrected chi connectivity index (χ1v) is 8.10. The van der Waals surface area contributed by atoms with Gasteiger partial charge in [0.15, 0.2) is 0 Å². The molecule has 2 aliphatic carbocycles. The maximum Gasteiger partial charge on any atom is 0.0736 e. The van der Waals surface area contributed by atoms with E-state index in [2.05, 4.69) is 16.2 Å². The average Bonchev–Trinajstić information content (AvgIpc) is 3.30. The molecule has 0 saturated heterocycles. The topological polar surface area (TPSA) is 30.3 Å². The summed E-state index contributed by atoms with van der Waals surface area (Å²) in [5.41, 5.74) is 2.70. The molecular formula is C16H25N3O. The second-order valence-corrected chi connectivity index (χ2v) is 7.03. The molecule has 0 radical (unpaired) electrons. The van der Waals surface area contributed by atoms with Crippen LogP contribution in [0.5, 0.6) is 0 Å². The molecule has 2 fully saturated rings. The number of hydrogen-bond donors (Lipinski definition) is 0. The van der Waals surface area contributed by atoms with E-state index < -0.39 is 0 Å². The van der Waals surface area contributed by atoms with Crippen LogP contribution in [0.25, 0.3) is 0 Å². The fourth-order valence-electron chi connectivity index (χ4n) is 3.32. The number of rotatable bonds is 6. The maximum absolute atomic E-state index is 5.96. The third kappa shape index (κ3) is 2.91. The molecule has 110 valence electrons. The minimum Gasteiger partial charge on any atom is -0.380 e. The standard InChI is InChI=1S/C16H25N3O/c1-18-7-14-8-19(6-12-2-3-12)9-15(16(14)17-18)11-20-10-13-4-5-13/h7,12-13,15H,2-6,8-11H2,1H3. The number of aromatic nitrogens is 2. The highest BCUT2D eigenvalue weighted by Gasteiger charge is 2.32. The molecule has 2 heterocycles. The van der Waals surface area contributed by atoms with E-state index in [9.17, 15) is 0 Å². The van der Waals surface area contributed by atoms with Crippen molar-refractivity contribution < 1.29 is 4.74 Å². The second-order valence-electron chi connectivity index (χ2n) is 7.03. The van der Waals surface area contributed by atoms with Gasteiger partial charge in [0, 0.05) is 51.0 Å². The van der Waals surface area contributed by atoms with Gasteiger partial charge in [0.2, 0.25) is 0 Å². The molecule has 4 heteroatoms. The lowest BCUT2D eigenvalue weighted by Crippen LogP contribution is -2.36. The lowest BCUT2D eigenvalue weighted by Gasteiger charge is -2.31. The molecule has 0 spiro atoms. The van der Waals surface area contributed by atoms with Crippen LogP contribution in [0.2, 0.25) is 0 Å². The highest BCUT2D eigenvalue weighted by Crippen LogP contribution is 2.34. The minimum absolute atomic E-state index is 0.470. The molecule has 4 nitrogen and oxygen atoms in total. The van der Waals surface area contributed by atoms with Crippen LogP contribution in [-0.4, -0.2) is 41.0 Å². The van der Waals surface area contributed by atoms with Crippen molar-refractivity contribution in [3.63, 3.8) is 0 Å². The Balaban J connectivity index is 1.42. The van der Waals surface area contributed by atoms with Gasteiger partial charge >= 0.3 is 0 Å². The van der Waals surface area contributed by atoms with E-state index in [4.69, 9.17) is 4.74 Å². The number of ether oxygens (including phenoxy) is 1. The normalized spacial score (nSPS) is 26.8. The average molecular weight is 275 g/mol. The number of hydrogen-bond acceptors (Lipinski definition) is 3. The number of fused-ring (bicyclic) bond motifs is 1. The summed E-state index contributed by atoms with van der Waals surface area (Å²) in [6.07, 6.45) is 7.79. The molecule has 1 unspecified atom stereocenters. The first kappa shape index (κ1) is 12.8. The fraction of sp³-hybridized carbons (Fsp3) is 0.812. The van der Waals surface area contributed by atoms with Crippen LogP contribution in [0, 0.1) is 11.8 Å². The first-order valence-electron chi connectivity index (χ1n) is 8.10. The van der Waals surface area contributed by atoms with E-state index in [1.807, 2.05) is 11.7 Å². The Labute approximate surface area is 121 Å². The quantitative estimate of drug-likeness (QED) is 0.797. The fourth-order valence-corrected chi connectivity index (χ4v) is 3.32. The lowest BCUT2D eigenvalue weighted by molar-refractivity contribution is 0.0887. The van der Waals surface area contributed by atoms with Crippen molar-refractivity contribution in [1.29, 1.82) is 0 Å². The predicted molar refractivity (Wildman–Crippen MR) is 77.5 cm³/mol. The van der Waals surface area contributed by atoms with E-state index in [-0.39, 0.29) is 0 Å². The van der Waals surface area contributed by atoms with Crippen molar-refractivity contribution in [3.8, 4) is 0 Å². The van der Waals surface area contributed by atoms with Gasteiger partial charge in [0.05, 0.1) is 12.3 Å². The summed E-state index contributed by atoms with van der Waals surface area (Å²) in [7, 11) is 2.03. The maximum atomic E-state index is 5.96. The molecule has 1 atom stereocenters. The van der Waals surface area contributed by atoms with Gasteiger partial charge in [-0.2, -0.15) is 5.10 Å². The molecule has 2 saturated carbocycles. The van der Waals surface area contributed by atoms with Crippen LogP contribution in [0.1, 0.15) is 42.9 Å². The smallest absolute Gasteiger partial charge is 0.0736 e. The summed E-state index contributed by atoms with van der Waals surface area (Å²) in [5.74, 6) is 2.28. The summed E-state index contributed by atoms with van der Waals surface area (Å²) < 4.78 is 7.93. The molecule has 4 rings (SSSR count). The monoisotopic (exact) mass is 275 g/mol. The van der Waals surface area contributed by atoms with Gasteiger partial charge in [-0.15, -0.1) is 0 Å². The first-order chi connectivity index (χ1) is 9.78. The largest absolute Gasteiger partial charge is 0.380 e. The molecule has 0 bridgehead atoms. The highest BCUT2D eigenvalue weighted by atomic mass is 16.5. The molecule has 1 aromatic rings. The van der Waals surface area contributed by atoms with Gasteiger partial charge in [-0.05, 0) is 37.5 Å². The van der Waals surface area contributed by atoms with Crippen molar-refractivity contribution >= 4 is 0 Å². The van der Waals surface area contributed by atoms with Gasteiger partial charge in [-0.1, -0.05) is 0 Å². The molecule has 0 aromatic carbocycles. The van der Waals surface area contributed by atoms with Crippen molar-refractivity contribution in [2.75, 3.05) is 26.3 Å². The second kappa shape index (κ2) is 5.15. The zero-order valence-corrected chi connectivity index (χ0v) is 12.4. The van der Waals surface area contributed by atoms with Crippen molar-refractivity contribution in [3.05, 3.63) is 17.5 Å². The van der Waals surface area contributed by atoms with Gasteiger partial charge in [0.25, 0.3) is 0 Å². The molecule has 1 aliphatic heterocycles. The lowest BCUT2D eigenvalue weighted by atomic mass is 9.97. The van der Waals surface area contributed by atoms with E-state index in [0.29, 0.717) is 5.92 Å². The summed E-state index contributed by atoms with van der Waals surface area (Å²) in [4.78, 5) is 2.62. The Hall–Kier alpha value is -0.870. The Morgan fingerprint density at radius 1 is 1.20 bits per heavy atom. The van der Waals surface area contributed by atoms with Crippen molar-refractivity contribution in [1.82, 2.24) is 14.7 Å². The minimum atomic E-state index is 0.470. The van der Waals surface area contributed by atoms with E-state index >= 15 is 0 Å². The summed E-state index contributed by atoms with van der Waals surface area (Å²) in [6, 6.07) is 0. The van der Waals surface area contributed by atoms with Crippen LogP contribution >= 0.6 is 0 Å². The Kier molecular flexibility index (Phi) is 3.31. The molecule has 20 heavy (non-hydrogen) atoms. The molecule has 0 amide bonds.